The average Bonchev–Trinajstić information content (AvgIpc) is 3.55. The van der Waals surface area contributed by atoms with Crippen LogP contribution in [-0.2, 0) is 15.1 Å². The van der Waals surface area contributed by atoms with Gasteiger partial charge in [0.2, 0.25) is 5.91 Å². The molecule has 168 valence electrons. The van der Waals surface area contributed by atoms with Crippen LogP contribution >= 0.6 is 0 Å². The van der Waals surface area contributed by atoms with Crippen LogP contribution in [-0.4, -0.2) is 73.0 Å². The van der Waals surface area contributed by atoms with Crippen molar-refractivity contribution >= 4 is 17.7 Å². The summed E-state index contributed by atoms with van der Waals surface area (Å²) in [4.78, 5) is 37.0. The first kappa shape index (κ1) is 20.7. The maximum Gasteiger partial charge on any atom is 0.343 e. The number of anilines is 1. The molecule has 0 bridgehead atoms. The summed E-state index contributed by atoms with van der Waals surface area (Å²) < 4.78 is 6.03. The number of nitrogens with zero attached hydrogens (tertiary/aromatic N) is 4. The van der Waals surface area contributed by atoms with Crippen LogP contribution < -0.4 is 4.90 Å². The van der Waals surface area contributed by atoms with Crippen LogP contribution in [0.15, 0.2) is 12.3 Å². The van der Waals surface area contributed by atoms with Gasteiger partial charge in [0.15, 0.2) is 0 Å². The van der Waals surface area contributed by atoms with Crippen molar-refractivity contribution in [3.63, 3.8) is 0 Å². The average molecular weight is 427 g/mol. The number of aromatic nitrogens is 1. The van der Waals surface area contributed by atoms with Crippen LogP contribution in [0.5, 0.6) is 0 Å². The van der Waals surface area contributed by atoms with E-state index in [1.165, 1.54) is 12.8 Å². The molecular formula is C24H34N4O3. The number of carbonyl (C=O) groups is 2. The van der Waals surface area contributed by atoms with Crippen LogP contribution in [0.2, 0.25) is 0 Å². The van der Waals surface area contributed by atoms with E-state index < -0.39 is 5.60 Å². The van der Waals surface area contributed by atoms with Crippen molar-refractivity contribution in [3.05, 3.63) is 23.4 Å². The summed E-state index contributed by atoms with van der Waals surface area (Å²) in [5.41, 5.74) is 1.08. The Morgan fingerprint density at radius 1 is 1.16 bits per heavy atom. The second-order valence-corrected chi connectivity index (χ2v) is 9.72. The van der Waals surface area contributed by atoms with E-state index >= 15 is 0 Å². The summed E-state index contributed by atoms with van der Waals surface area (Å²) in [5.74, 6) is 0.817. The van der Waals surface area contributed by atoms with Crippen LogP contribution in [0.1, 0.15) is 67.3 Å². The molecule has 31 heavy (non-hydrogen) atoms. The second kappa shape index (κ2) is 8.41. The van der Waals surface area contributed by atoms with Gasteiger partial charge in [-0.15, -0.1) is 0 Å². The Morgan fingerprint density at radius 2 is 1.84 bits per heavy atom. The van der Waals surface area contributed by atoms with E-state index in [1.807, 2.05) is 24.2 Å². The number of hydrogen-bond donors (Lipinski definition) is 0. The highest BCUT2D eigenvalue weighted by Gasteiger charge is 2.50. The maximum absolute atomic E-state index is 13.0. The number of amides is 1. The highest BCUT2D eigenvalue weighted by molar-refractivity contribution is 5.99. The zero-order chi connectivity index (χ0) is 21.4. The standard InChI is InChI=1S/C24H34N4O3/c1-26(16-17-27-12-2-3-13-27)22(29)18-6-9-24(10-7-18)19-8-11-25-21(20(19)23(30)31-24)28-14-4-5-15-28/h8,11,18H,2-7,9-10,12-17H2,1H3/t18-,24-. The van der Waals surface area contributed by atoms with Gasteiger partial charge in [0.1, 0.15) is 17.0 Å². The molecule has 7 nitrogen and oxygen atoms in total. The van der Waals surface area contributed by atoms with E-state index in [1.54, 1.807) is 0 Å². The van der Waals surface area contributed by atoms with Crippen LogP contribution in [0.3, 0.4) is 0 Å². The Morgan fingerprint density at radius 3 is 2.55 bits per heavy atom. The quantitative estimate of drug-likeness (QED) is 0.675. The number of fused-ring (bicyclic) bond motifs is 2. The lowest BCUT2D eigenvalue weighted by molar-refractivity contribution is -0.137. The van der Waals surface area contributed by atoms with Gasteiger partial charge in [0, 0.05) is 50.9 Å². The minimum atomic E-state index is -0.575. The van der Waals surface area contributed by atoms with E-state index in [0.29, 0.717) is 18.4 Å². The molecule has 7 heteroatoms. The molecule has 1 aliphatic carbocycles. The van der Waals surface area contributed by atoms with Gasteiger partial charge in [0.25, 0.3) is 0 Å². The number of rotatable bonds is 5. The molecule has 1 aromatic rings. The molecule has 0 N–H and O–H groups in total. The maximum atomic E-state index is 13.0. The summed E-state index contributed by atoms with van der Waals surface area (Å²) >= 11 is 0. The predicted molar refractivity (Wildman–Crippen MR) is 118 cm³/mol. The van der Waals surface area contributed by atoms with Gasteiger partial charge in [-0.1, -0.05) is 0 Å². The predicted octanol–water partition coefficient (Wildman–Crippen LogP) is 2.79. The molecule has 0 unspecified atom stereocenters. The minimum absolute atomic E-state index is 0.0249. The van der Waals surface area contributed by atoms with Crippen molar-refractivity contribution in [3.8, 4) is 0 Å². The number of carbonyl (C=O) groups excluding carboxylic acids is 2. The fourth-order valence-electron chi connectivity index (χ4n) is 5.91. The lowest BCUT2D eigenvalue weighted by atomic mass is 9.74. The number of ether oxygens (including phenoxy) is 1. The van der Waals surface area contributed by atoms with Gasteiger partial charge >= 0.3 is 5.97 Å². The summed E-state index contributed by atoms with van der Waals surface area (Å²) in [6, 6.07) is 1.96. The summed E-state index contributed by atoms with van der Waals surface area (Å²) in [6.45, 7) is 5.98. The molecule has 2 saturated heterocycles. The van der Waals surface area contributed by atoms with Crippen molar-refractivity contribution in [1.29, 1.82) is 0 Å². The van der Waals surface area contributed by atoms with Crippen LogP contribution in [0, 0.1) is 5.92 Å². The Kier molecular flexibility index (Phi) is 5.63. The first-order valence-corrected chi connectivity index (χ1v) is 12.0. The van der Waals surface area contributed by atoms with E-state index in [0.717, 1.165) is 76.3 Å². The fourth-order valence-corrected chi connectivity index (χ4v) is 5.91. The number of likely N-dealkylation sites (tertiary alicyclic amines) is 1. The first-order valence-electron chi connectivity index (χ1n) is 12.0. The molecule has 3 aliphatic heterocycles. The third-order valence-corrected chi connectivity index (χ3v) is 7.79. The molecule has 1 aromatic heterocycles. The molecular weight excluding hydrogens is 392 g/mol. The first-order chi connectivity index (χ1) is 15.1. The summed E-state index contributed by atoms with van der Waals surface area (Å²) in [7, 11) is 1.93. The SMILES string of the molecule is CN(CCN1CCCC1)C(=O)[C@H]1CC[C@@]2(CC1)OC(=O)c1c(N3CCCC3)nccc12. The Bertz CT molecular complexity index is 837. The third-order valence-electron chi connectivity index (χ3n) is 7.79. The monoisotopic (exact) mass is 426 g/mol. The fraction of sp³-hybridized carbons (Fsp3) is 0.708. The molecule has 4 heterocycles. The van der Waals surface area contributed by atoms with E-state index in [9.17, 15) is 9.59 Å². The normalized spacial score (nSPS) is 28.2. The Hall–Kier alpha value is -2.15. The van der Waals surface area contributed by atoms with Gasteiger partial charge in [-0.05, 0) is 70.5 Å². The smallest absolute Gasteiger partial charge is 0.343 e. The van der Waals surface area contributed by atoms with Crippen molar-refractivity contribution in [2.75, 3.05) is 51.2 Å². The van der Waals surface area contributed by atoms with Gasteiger partial charge in [-0.3, -0.25) is 4.79 Å². The zero-order valence-electron chi connectivity index (χ0n) is 18.6. The summed E-state index contributed by atoms with van der Waals surface area (Å²) in [6.07, 6.45) is 9.61. The van der Waals surface area contributed by atoms with Crippen LogP contribution in [0.25, 0.3) is 0 Å². The highest BCUT2D eigenvalue weighted by atomic mass is 16.6. The molecule has 4 aliphatic rings. The van der Waals surface area contributed by atoms with E-state index in [4.69, 9.17) is 4.74 Å². The zero-order valence-corrected chi connectivity index (χ0v) is 18.6. The van der Waals surface area contributed by atoms with E-state index in [2.05, 4.69) is 14.8 Å². The molecule has 0 aromatic carbocycles. The largest absolute Gasteiger partial charge is 0.450 e. The van der Waals surface area contributed by atoms with E-state index in [-0.39, 0.29) is 17.8 Å². The van der Waals surface area contributed by atoms with Gasteiger partial charge in [0.05, 0.1) is 0 Å². The van der Waals surface area contributed by atoms with Gasteiger partial charge < -0.3 is 19.4 Å². The van der Waals surface area contributed by atoms with Crippen molar-refractivity contribution in [2.45, 2.75) is 57.0 Å². The topological polar surface area (TPSA) is 66.0 Å². The van der Waals surface area contributed by atoms with Crippen LogP contribution in [0.4, 0.5) is 5.82 Å². The van der Waals surface area contributed by atoms with Gasteiger partial charge in [-0.25, -0.2) is 9.78 Å². The Labute approximate surface area is 184 Å². The third kappa shape index (κ3) is 3.81. The second-order valence-electron chi connectivity index (χ2n) is 9.72. The van der Waals surface area contributed by atoms with Crippen molar-refractivity contribution < 1.29 is 14.3 Å². The molecule has 1 spiro atoms. The number of hydrogen-bond acceptors (Lipinski definition) is 6. The Balaban J connectivity index is 1.25. The lowest BCUT2D eigenvalue weighted by Gasteiger charge is -2.37. The number of pyridine rings is 1. The minimum Gasteiger partial charge on any atom is -0.450 e. The molecule has 5 rings (SSSR count). The molecule has 0 atom stereocenters. The molecule has 0 radical (unpaired) electrons. The number of esters is 1. The lowest BCUT2D eigenvalue weighted by Crippen LogP contribution is -2.41. The molecule has 1 amide bonds. The van der Waals surface area contributed by atoms with Gasteiger partial charge in [-0.2, -0.15) is 0 Å². The number of likely N-dealkylation sites (N-methyl/N-ethyl adjacent to an activating group) is 1. The summed E-state index contributed by atoms with van der Waals surface area (Å²) in [5, 5.41) is 0. The van der Waals surface area contributed by atoms with Crippen molar-refractivity contribution in [2.24, 2.45) is 5.92 Å². The molecule has 1 saturated carbocycles. The molecule has 3 fully saturated rings. The highest BCUT2D eigenvalue weighted by Crippen LogP contribution is 2.50. The van der Waals surface area contributed by atoms with Crippen molar-refractivity contribution in [1.82, 2.24) is 14.8 Å².